The topological polar surface area (TPSA) is 62.5 Å². The number of hydrogen-bond acceptors (Lipinski definition) is 4. The molecule has 156 valence electrons. The molecule has 0 fully saturated rings. The lowest BCUT2D eigenvalue weighted by Crippen LogP contribution is -2.13. The number of hydrogen-bond donors (Lipinski definition) is 1. The number of carbonyl (C=O) groups excluding carboxylic acids is 1. The van der Waals surface area contributed by atoms with Crippen molar-refractivity contribution in [3.63, 3.8) is 0 Å². The quantitative estimate of drug-likeness (QED) is 0.205. The summed E-state index contributed by atoms with van der Waals surface area (Å²) >= 11 is 5.03. The van der Waals surface area contributed by atoms with E-state index in [4.69, 9.17) is 0 Å². The maximum atomic E-state index is 11.7. The van der Waals surface area contributed by atoms with Gasteiger partial charge in [0.15, 0.2) is 5.78 Å². The lowest BCUT2D eigenvalue weighted by molar-refractivity contribution is 0.101. The van der Waals surface area contributed by atoms with E-state index in [2.05, 4.69) is 84.4 Å². The van der Waals surface area contributed by atoms with E-state index in [0.29, 0.717) is 5.56 Å². The summed E-state index contributed by atoms with van der Waals surface area (Å²) in [6.45, 7) is 5.50. The molecule has 5 nitrogen and oxygen atoms in total. The molecular weight excluding hydrogens is 472 g/mol. The van der Waals surface area contributed by atoms with Gasteiger partial charge in [0.2, 0.25) is 4.80 Å². The van der Waals surface area contributed by atoms with Gasteiger partial charge >= 0.3 is 0 Å². The van der Waals surface area contributed by atoms with Crippen LogP contribution < -0.4 is 4.80 Å². The van der Waals surface area contributed by atoms with E-state index < -0.39 is 0 Å². The molecule has 0 amide bonds. The van der Waals surface area contributed by atoms with Crippen LogP contribution in [0.1, 0.15) is 34.2 Å². The number of H-pyrrole nitrogens is 1. The first kappa shape index (κ1) is 21.2. The highest BCUT2D eigenvalue weighted by Gasteiger charge is 2.11. The van der Waals surface area contributed by atoms with Crippen molar-refractivity contribution in [2.75, 3.05) is 0 Å². The molecule has 4 aromatic rings. The van der Waals surface area contributed by atoms with Crippen LogP contribution in [0, 0.1) is 13.8 Å². The largest absolute Gasteiger partial charge is 0.357 e. The molecule has 0 spiro atoms. The molecule has 0 aliphatic rings. The summed E-state index contributed by atoms with van der Waals surface area (Å²) in [7, 11) is 0. The van der Waals surface area contributed by atoms with Gasteiger partial charge in [-0.1, -0.05) is 45.8 Å². The summed E-state index contributed by atoms with van der Waals surface area (Å²) in [5.74, 6) is 0.0277. The number of rotatable bonds is 5. The minimum absolute atomic E-state index is 0.0277. The van der Waals surface area contributed by atoms with Gasteiger partial charge in [-0.15, -0.1) is 16.4 Å². The summed E-state index contributed by atoms with van der Waals surface area (Å²) in [6, 6.07) is 18.4. The Kier molecular flexibility index (Phi) is 6.15. The molecule has 2 aromatic carbocycles. The molecule has 0 atom stereocenters. The van der Waals surface area contributed by atoms with E-state index in [0.717, 1.165) is 37.6 Å². The van der Waals surface area contributed by atoms with E-state index in [1.165, 1.54) is 16.9 Å². The van der Waals surface area contributed by atoms with Crippen LogP contribution in [-0.4, -0.2) is 21.5 Å². The molecule has 2 aromatic heterocycles. The standard InChI is InChI=1S/C24H21BrN4OS/c1-15-4-10-21(11-5-15)29-23(18-6-8-19(25)9-7-18)14-31-24(29)28-26-13-20-12-22(17(3)30)16(2)27-20/h4-14,27H,1-3H3/b26-13+,28-24-. The number of thiazole rings is 1. The smallest absolute Gasteiger partial charge is 0.215 e. The summed E-state index contributed by atoms with van der Waals surface area (Å²) in [6.07, 6.45) is 1.64. The Morgan fingerprint density at radius 3 is 2.45 bits per heavy atom. The fraction of sp³-hybridized carbons (Fsp3) is 0.125. The first-order chi connectivity index (χ1) is 14.9. The maximum Gasteiger partial charge on any atom is 0.215 e. The maximum absolute atomic E-state index is 11.7. The Balaban J connectivity index is 1.78. The Labute approximate surface area is 192 Å². The van der Waals surface area contributed by atoms with E-state index in [-0.39, 0.29) is 5.78 Å². The molecule has 1 N–H and O–H groups in total. The van der Waals surface area contributed by atoms with Crippen LogP contribution in [0.15, 0.2) is 74.7 Å². The average molecular weight is 493 g/mol. The Morgan fingerprint density at radius 1 is 1.10 bits per heavy atom. The average Bonchev–Trinajstić information content (AvgIpc) is 3.33. The number of nitrogens with one attached hydrogen (secondary N) is 1. The van der Waals surface area contributed by atoms with Crippen molar-refractivity contribution < 1.29 is 4.79 Å². The number of halogens is 1. The lowest BCUT2D eigenvalue weighted by atomic mass is 10.1. The molecule has 0 unspecified atom stereocenters. The third-order valence-electron chi connectivity index (χ3n) is 4.90. The van der Waals surface area contributed by atoms with Crippen LogP contribution in [0.4, 0.5) is 0 Å². The van der Waals surface area contributed by atoms with Gasteiger partial charge in [0.25, 0.3) is 0 Å². The van der Waals surface area contributed by atoms with Crippen LogP contribution in [-0.2, 0) is 0 Å². The molecule has 2 heterocycles. The van der Waals surface area contributed by atoms with Crippen LogP contribution in [0.25, 0.3) is 16.9 Å². The zero-order valence-electron chi connectivity index (χ0n) is 17.4. The van der Waals surface area contributed by atoms with Crippen molar-refractivity contribution in [2.45, 2.75) is 20.8 Å². The van der Waals surface area contributed by atoms with E-state index in [9.17, 15) is 4.79 Å². The predicted octanol–water partition coefficient (Wildman–Crippen LogP) is 6.05. The first-order valence-electron chi connectivity index (χ1n) is 9.73. The van der Waals surface area contributed by atoms with Crippen LogP contribution in [0.5, 0.6) is 0 Å². The van der Waals surface area contributed by atoms with E-state index in [1.807, 2.05) is 19.1 Å². The number of aromatic amines is 1. The second-order valence-corrected chi connectivity index (χ2v) is 9.00. The number of benzene rings is 2. The van der Waals surface area contributed by atoms with Gasteiger partial charge in [-0.3, -0.25) is 9.36 Å². The minimum atomic E-state index is 0.0277. The fourth-order valence-corrected chi connectivity index (χ4v) is 4.43. The van der Waals surface area contributed by atoms with Crippen molar-refractivity contribution in [1.82, 2.24) is 9.55 Å². The first-order valence-corrected chi connectivity index (χ1v) is 11.4. The molecule has 7 heteroatoms. The van der Waals surface area contributed by atoms with Crippen molar-refractivity contribution in [3.8, 4) is 16.9 Å². The summed E-state index contributed by atoms with van der Waals surface area (Å²) in [5, 5.41) is 10.9. The third kappa shape index (κ3) is 4.68. The second kappa shape index (κ2) is 8.99. The van der Waals surface area contributed by atoms with Gasteiger partial charge in [-0.05, 0) is 56.7 Å². The fourth-order valence-electron chi connectivity index (χ4n) is 3.31. The number of carbonyl (C=O) groups is 1. The number of nitrogens with zero attached hydrogens (tertiary/aromatic N) is 3. The third-order valence-corrected chi connectivity index (χ3v) is 6.24. The van der Waals surface area contributed by atoms with Gasteiger partial charge in [0.1, 0.15) is 0 Å². The molecule has 4 rings (SSSR count). The Morgan fingerprint density at radius 2 is 1.81 bits per heavy atom. The molecule has 0 aliphatic heterocycles. The van der Waals surface area contributed by atoms with Crippen LogP contribution in [0.3, 0.4) is 0 Å². The predicted molar refractivity (Wildman–Crippen MR) is 130 cm³/mol. The Hall–Kier alpha value is -3.03. The van der Waals surface area contributed by atoms with Crippen molar-refractivity contribution in [3.05, 3.63) is 91.8 Å². The summed E-state index contributed by atoms with van der Waals surface area (Å²) < 4.78 is 3.14. The molecule has 0 saturated carbocycles. The van der Waals surface area contributed by atoms with E-state index in [1.54, 1.807) is 19.2 Å². The van der Waals surface area contributed by atoms with Gasteiger partial charge in [0.05, 0.1) is 17.6 Å². The van der Waals surface area contributed by atoms with Gasteiger partial charge in [-0.25, -0.2) is 0 Å². The number of aromatic nitrogens is 2. The summed E-state index contributed by atoms with van der Waals surface area (Å²) in [5.41, 5.74) is 6.61. The van der Waals surface area contributed by atoms with Crippen LogP contribution in [0.2, 0.25) is 0 Å². The zero-order chi connectivity index (χ0) is 22.0. The van der Waals surface area contributed by atoms with Gasteiger partial charge < -0.3 is 4.98 Å². The van der Waals surface area contributed by atoms with Gasteiger partial charge in [-0.2, -0.15) is 5.10 Å². The zero-order valence-corrected chi connectivity index (χ0v) is 19.8. The monoisotopic (exact) mass is 492 g/mol. The molecule has 31 heavy (non-hydrogen) atoms. The van der Waals surface area contributed by atoms with Crippen LogP contribution >= 0.6 is 27.3 Å². The second-order valence-electron chi connectivity index (χ2n) is 7.25. The normalized spacial score (nSPS) is 12.1. The number of Topliss-reactive ketones (excluding diaryl/α,β-unsaturated/α-hetero) is 1. The molecular formula is C24H21BrN4OS. The SMILES string of the molecule is CC(=O)c1cc(/C=N/N=c2\scc(-c3ccc(Br)cc3)n2-c2ccc(C)cc2)[nH]c1C. The minimum Gasteiger partial charge on any atom is -0.357 e. The highest BCUT2D eigenvalue weighted by atomic mass is 79.9. The van der Waals surface area contributed by atoms with Crippen molar-refractivity contribution in [1.29, 1.82) is 0 Å². The molecule has 0 bridgehead atoms. The Bertz CT molecular complexity index is 1330. The van der Waals surface area contributed by atoms with Crippen molar-refractivity contribution >= 4 is 39.3 Å². The van der Waals surface area contributed by atoms with Crippen molar-refractivity contribution in [2.24, 2.45) is 10.2 Å². The highest BCUT2D eigenvalue weighted by molar-refractivity contribution is 9.10. The number of ketones is 1. The number of aryl methyl sites for hydroxylation is 2. The van der Waals surface area contributed by atoms with E-state index >= 15 is 0 Å². The highest BCUT2D eigenvalue weighted by Crippen LogP contribution is 2.25. The molecule has 0 aliphatic carbocycles. The van der Waals surface area contributed by atoms with Gasteiger partial charge in [0, 0.05) is 26.8 Å². The summed E-state index contributed by atoms with van der Waals surface area (Å²) in [4.78, 5) is 15.6. The molecule has 0 radical (unpaired) electrons. The lowest BCUT2D eigenvalue weighted by Gasteiger charge is -2.09. The molecule has 0 saturated heterocycles.